The molecule has 0 atom stereocenters. The molecule has 1 aliphatic carbocycles. The Labute approximate surface area is 133 Å². The quantitative estimate of drug-likeness (QED) is 0.533. The van der Waals surface area contributed by atoms with Gasteiger partial charge >= 0.3 is 0 Å². The topological polar surface area (TPSA) is 47.0 Å². The van der Waals surface area contributed by atoms with Gasteiger partial charge in [0.05, 0.1) is 0 Å². The average Bonchev–Trinajstić information content (AvgIpc) is 2.98. The maximum atomic E-state index is 13.9. The van der Waals surface area contributed by atoms with Gasteiger partial charge in [-0.15, -0.1) is 11.3 Å². The molecule has 0 bridgehead atoms. The zero-order valence-corrected chi connectivity index (χ0v) is 12.3. The predicted molar refractivity (Wildman–Crippen MR) is 80.8 cm³/mol. The summed E-state index contributed by atoms with van der Waals surface area (Å²) in [5.41, 5.74) is 0.703. The summed E-state index contributed by atoms with van der Waals surface area (Å²) in [6, 6.07) is 9.59. The van der Waals surface area contributed by atoms with Gasteiger partial charge in [0.2, 0.25) is 11.6 Å². The number of rotatable bonds is 1. The zero-order valence-electron chi connectivity index (χ0n) is 11.5. The SMILES string of the molecule is O=C1c2ccccc2C(=O)c2sc(-c3ccc(F)cc3F)nc21. The highest BCUT2D eigenvalue weighted by molar-refractivity contribution is 7.17. The lowest BCUT2D eigenvalue weighted by molar-refractivity contribution is 0.0979. The number of hydrogen-bond acceptors (Lipinski definition) is 4. The highest BCUT2D eigenvalue weighted by atomic mass is 32.1. The minimum Gasteiger partial charge on any atom is -0.288 e. The molecule has 1 heterocycles. The molecule has 0 saturated heterocycles. The Kier molecular flexibility index (Phi) is 2.96. The maximum absolute atomic E-state index is 13.9. The smallest absolute Gasteiger partial charge is 0.213 e. The van der Waals surface area contributed by atoms with E-state index in [0.717, 1.165) is 23.5 Å². The molecule has 1 aliphatic rings. The normalized spacial score (nSPS) is 13.0. The van der Waals surface area contributed by atoms with Crippen LogP contribution in [0.15, 0.2) is 42.5 Å². The lowest BCUT2D eigenvalue weighted by Crippen LogP contribution is -2.19. The van der Waals surface area contributed by atoms with Crippen molar-refractivity contribution < 1.29 is 18.4 Å². The molecule has 0 saturated carbocycles. The maximum Gasteiger partial charge on any atom is 0.213 e. The van der Waals surface area contributed by atoms with Gasteiger partial charge < -0.3 is 0 Å². The van der Waals surface area contributed by atoms with Crippen molar-refractivity contribution in [3.63, 3.8) is 0 Å². The van der Waals surface area contributed by atoms with E-state index in [0.29, 0.717) is 11.1 Å². The second-order valence-electron chi connectivity index (χ2n) is 5.02. The largest absolute Gasteiger partial charge is 0.288 e. The first-order valence-electron chi connectivity index (χ1n) is 6.71. The Morgan fingerprint density at radius 1 is 0.870 bits per heavy atom. The standard InChI is InChI=1S/C17H7F2NO2S/c18-8-5-6-11(12(19)7-8)17-20-13-14(21)9-3-1-2-4-10(9)15(22)16(13)23-17/h1-7H. The molecule has 4 rings (SSSR count). The summed E-state index contributed by atoms with van der Waals surface area (Å²) in [6.07, 6.45) is 0. The summed E-state index contributed by atoms with van der Waals surface area (Å²) < 4.78 is 26.9. The van der Waals surface area contributed by atoms with Crippen molar-refractivity contribution in [1.82, 2.24) is 4.98 Å². The Balaban J connectivity index is 1.90. The van der Waals surface area contributed by atoms with Crippen LogP contribution in [0.2, 0.25) is 0 Å². The van der Waals surface area contributed by atoms with E-state index in [9.17, 15) is 18.4 Å². The summed E-state index contributed by atoms with van der Waals surface area (Å²) >= 11 is 0.940. The van der Waals surface area contributed by atoms with Gasteiger partial charge in [-0.1, -0.05) is 24.3 Å². The van der Waals surface area contributed by atoms with Gasteiger partial charge in [0.25, 0.3) is 0 Å². The molecule has 6 heteroatoms. The molecule has 3 nitrogen and oxygen atoms in total. The van der Waals surface area contributed by atoms with Crippen LogP contribution in [0.1, 0.15) is 31.3 Å². The van der Waals surface area contributed by atoms with E-state index in [2.05, 4.69) is 4.98 Å². The van der Waals surface area contributed by atoms with Crippen LogP contribution in [0, 0.1) is 11.6 Å². The van der Waals surface area contributed by atoms with Crippen LogP contribution in [0.25, 0.3) is 10.6 Å². The Morgan fingerprint density at radius 3 is 2.26 bits per heavy atom. The van der Waals surface area contributed by atoms with E-state index < -0.39 is 11.6 Å². The van der Waals surface area contributed by atoms with Crippen molar-refractivity contribution in [2.24, 2.45) is 0 Å². The van der Waals surface area contributed by atoms with Crippen LogP contribution in [-0.4, -0.2) is 16.6 Å². The Morgan fingerprint density at radius 2 is 1.57 bits per heavy atom. The van der Waals surface area contributed by atoms with Gasteiger partial charge in [-0.2, -0.15) is 0 Å². The molecule has 0 unspecified atom stereocenters. The van der Waals surface area contributed by atoms with Crippen molar-refractivity contribution in [1.29, 1.82) is 0 Å². The molecule has 0 fully saturated rings. The van der Waals surface area contributed by atoms with Crippen molar-refractivity contribution >= 4 is 22.9 Å². The minimum absolute atomic E-state index is 0.0254. The van der Waals surface area contributed by atoms with E-state index in [1.54, 1.807) is 24.3 Å². The molecule has 23 heavy (non-hydrogen) atoms. The number of carbonyl (C=O) groups excluding carboxylic acids is 2. The van der Waals surface area contributed by atoms with E-state index in [1.165, 1.54) is 6.07 Å². The van der Waals surface area contributed by atoms with E-state index in [1.807, 2.05) is 0 Å². The number of nitrogens with zero attached hydrogens (tertiary/aromatic N) is 1. The number of aromatic nitrogens is 1. The molecule has 0 N–H and O–H groups in total. The lowest BCUT2D eigenvalue weighted by atomic mass is 9.91. The summed E-state index contributed by atoms with van der Waals surface area (Å²) in [4.78, 5) is 29.3. The predicted octanol–water partition coefficient (Wildman–Crippen LogP) is 3.86. The molecule has 112 valence electrons. The molecule has 0 radical (unpaired) electrons. The summed E-state index contributed by atoms with van der Waals surface area (Å²) in [5.74, 6) is -2.15. The average molecular weight is 327 g/mol. The molecule has 1 aromatic heterocycles. The highest BCUT2D eigenvalue weighted by Gasteiger charge is 2.33. The highest BCUT2D eigenvalue weighted by Crippen LogP contribution is 2.36. The second-order valence-corrected chi connectivity index (χ2v) is 6.02. The van der Waals surface area contributed by atoms with Crippen molar-refractivity contribution in [2.45, 2.75) is 0 Å². The van der Waals surface area contributed by atoms with Crippen LogP contribution in [0.3, 0.4) is 0 Å². The third-order valence-corrected chi connectivity index (χ3v) is 4.71. The van der Waals surface area contributed by atoms with Gasteiger partial charge in [0.1, 0.15) is 27.2 Å². The van der Waals surface area contributed by atoms with Gasteiger partial charge in [-0.3, -0.25) is 9.59 Å². The molecular weight excluding hydrogens is 320 g/mol. The number of benzene rings is 2. The number of ketones is 2. The van der Waals surface area contributed by atoms with Crippen LogP contribution in [0.4, 0.5) is 8.78 Å². The van der Waals surface area contributed by atoms with Crippen LogP contribution < -0.4 is 0 Å². The Hall–Kier alpha value is -2.73. The fourth-order valence-electron chi connectivity index (χ4n) is 2.54. The molecule has 2 aromatic carbocycles. The van der Waals surface area contributed by atoms with Gasteiger partial charge in [0, 0.05) is 22.8 Å². The molecule has 0 amide bonds. The number of thiazole rings is 1. The van der Waals surface area contributed by atoms with Crippen LogP contribution in [-0.2, 0) is 0 Å². The third kappa shape index (κ3) is 2.03. The monoisotopic (exact) mass is 327 g/mol. The van der Waals surface area contributed by atoms with Crippen LogP contribution in [0.5, 0.6) is 0 Å². The summed E-state index contributed by atoms with van der Waals surface area (Å²) in [7, 11) is 0. The van der Waals surface area contributed by atoms with E-state index >= 15 is 0 Å². The molecule has 3 aromatic rings. The number of carbonyl (C=O) groups is 2. The Bertz CT molecular complexity index is 942. The first kappa shape index (κ1) is 13.9. The number of hydrogen-bond donors (Lipinski definition) is 0. The fraction of sp³-hybridized carbons (Fsp3) is 0. The third-order valence-electron chi connectivity index (χ3n) is 3.63. The van der Waals surface area contributed by atoms with Crippen molar-refractivity contribution in [2.75, 3.05) is 0 Å². The van der Waals surface area contributed by atoms with Crippen LogP contribution >= 0.6 is 11.3 Å². The molecular formula is C17H7F2NO2S. The van der Waals surface area contributed by atoms with Crippen molar-refractivity contribution in [3.8, 4) is 10.6 Å². The van der Waals surface area contributed by atoms with Gasteiger partial charge in [0.15, 0.2) is 0 Å². The summed E-state index contributed by atoms with van der Waals surface area (Å²) in [6.45, 7) is 0. The van der Waals surface area contributed by atoms with E-state index in [4.69, 9.17) is 0 Å². The number of fused-ring (bicyclic) bond motifs is 2. The van der Waals surface area contributed by atoms with Gasteiger partial charge in [-0.05, 0) is 12.1 Å². The first-order chi connectivity index (χ1) is 11.1. The van der Waals surface area contributed by atoms with Crippen molar-refractivity contribution in [3.05, 3.63) is 75.8 Å². The minimum atomic E-state index is -0.784. The number of halogens is 2. The molecule has 0 spiro atoms. The fourth-order valence-corrected chi connectivity index (χ4v) is 3.58. The first-order valence-corrected chi connectivity index (χ1v) is 7.52. The zero-order chi connectivity index (χ0) is 16.1. The lowest BCUT2D eigenvalue weighted by Gasteiger charge is -2.11. The summed E-state index contributed by atoms with van der Waals surface area (Å²) in [5, 5.41) is 0.182. The second kappa shape index (κ2) is 4.89. The van der Waals surface area contributed by atoms with Gasteiger partial charge in [-0.25, -0.2) is 13.8 Å². The molecule has 0 aliphatic heterocycles. The van der Waals surface area contributed by atoms with E-state index in [-0.39, 0.29) is 32.7 Å².